The molecule has 23 heavy (non-hydrogen) atoms. The van der Waals surface area contributed by atoms with Crippen LogP contribution in [0, 0.1) is 0 Å². The molecule has 2 fully saturated rings. The lowest BCUT2D eigenvalue weighted by atomic mass is 10.1. The van der Waals surface area contributed by atoms with Crippen molar-refractivity contribution in [1.29, 1.82) is 0 Å². The zero-order chi connectivity index (χ0) is 16.5. The number of carbonyl (C=O) groups excluding carboxylic acids is 1. The molecule has 1 heterocycles. The van der Waals surface area contributed by atoms with Gasteiger partial charge in [0, 0.05) is 45.2 Å². The Hall–Kier alpha value is -1.30. The summed E-state index contributed by atoms with van der Waals surface area (Å²) in [6.45, 7) is 6.57. The lowest BCUT2D eigenvalue weighted by Gasteiger charge is -2.32. The summed E-state index contributed by atoms with van der Waals surface area (Å²) in [5, 5.41) is 9.85. The highest BCUT2D eigenvalue weighted by Crippen LogP contribution is 2.18. The SMILES string of the molecule is CCCN1CCC(NC(=NC)NCCCC(=O)NC2CC2)CC1. The van der Waals surface area contributed by atoms with Gasteiger partial charge >= 0.3 is 0 Å². The average molecular weight is 323 g/mol. The van der Waals surface area contributed by atoms with Crippen molar-refractivity contribution in [3.05, 3.63) is 0 Å². The molecule has 0 unspecified atom stereocenters. The maximum Gasteiger partial charge on any atom is 0.220 e. The number of aliphatic imine (C=N–C) groups is 1. The third-order valence-corrected chi connectivity index (χ3v) is 4.51. The number of piperidine rings is 1. The Bertz CT molecular complexity index is 386. The Kier molecular flexibility index (Phi) is 7.65. The van der Waals surface area contributed by atoms with Gasteiger partial charge in [-0.25, -0.2) is 0 Å². The Morgan fingerprint density at radius 2 is 1.83 bits per heavy atom. The van der Waals surface area contributed by atoms with Crippen molar-refractivity contribution in [1.82, 2.24) is 20.9 Å². The highest BCUT2D eigenvalue weighted by atomic mass is 16.1. The molecule has 0 radical (unpaired) electrons. The van der Waals surface area contributed by atoms with E-state index in [9.17, 15) is 4.79 Å². The second-order valence-electron chi connectivity index (χ2n) is 6.70. The molecule has 2 aliphatic rings. The van der Waals surface area contributed by atoms with Gasteiger partial charge in [0.05, 0.1) is 0 Å². The summed E-state index contributed by atoms with van der Waals surface area (Å²) >= 11 is 0. The molecule has 0 aromatic carbocycles. The molecule has 0 aromatic heterocycles. The van der Waals surface area contributed by atoms with Crippen molar-refractivity contribution in [3.63, 3.8) is 0 Å². The van der Waals surface area contributed by atoms with Crippen molar-refractivity contribution in [2.24, 2.45) is 4.99 Å². The van der Waals surface area contributed by atoms with Crippen LogP contribution in [0.4, 0.5) is 0 Å². The molecular weight excluding hydrogens is 290 g/mol. The first-order chi connectivity index (χ1) is 11.2. The number of hydrogen-bond acceptors (Lipinski definition) is 3. The minimum atomic E-state index is 0.181. The van der Waals surface area contributed by atoms with Crippen molar-refractivity contribution in [3.8, 4) is 0 Å². The van der Waals surface area contributed by atoms with Gasteiger partial charge in [-0.2, -0.15) is 0 Å². The predicted molar refractivity (Wildman–Crippen MR) is 94.6 cm³/mol. The number of hydrogen-bond donors (Lipinski definition) is 3. The van der Waals surface area contributed by atoms with Gasteiger partial charge < -0.3 is 20.9 Å². The Morgan fingerprint density at radius 3 is 2.43 bits per heavy atom. The maximum absolute atomic E-state index is 11.6. The van der Waals surface area contributed by atoms with Gasteiger partial charge in [0.2, 0.25) is 5.91 Å². The summed E-state index contributed by atoms with van der Waals surface area (Å²) in [5.74, 6) is 1.04. The fraction of sp³-hybridized carbons (Fsp3) is 0.882. The van der Waals surface area contributed by atoms with Crippen LogP contribution in [0.5, 0.6) is 0 Å². The molecule has 1 saturated carbocycles. The first-order valence-electron chi connectivity index (χ1n) is 9.20. The van der Waals surface area contributed by atoms with Crippen LogP contribution < -0.4 is 16.0 Å². The molecule has 0 atom stereocenters. The topological polar surface area (TPSA) is 68.8 Å². The number of likely N-dealkylation sites (tertiary alicyclic amines) is 1. The van der Waals surface area contributed by atoms with E-state index in [-0.39, 0.29) is 5.91 Å². The lowest BCUT2D eigenvalue weighted by molar-refractivity contribution is -0.121. The molecule has 6 heteroatoms. The fourth-order valence-electron chi connectivity index (χ4n) is 2.99. The van der Waals surface area contributed by atoms with Gasteiger partial charge in [-0.1, -0.05) is 6.92 Å². The van der Waals surface area contributed by atoms with E-state index in [0.29, 0.717) is 18.5 Å². The maximum atomic E-state index is 11.6. The quantitative estimate of drug-likeness (QED) is 0.355. The Balaban J connectivity index is 1.55. The van der Waals surface area contributed by atoms with Crippen LogP contribution in [0.1, 0.15) is 51.9 Å². The van der Waals surface area contributed by atoms with E-state index in [2.05, 4.69) is 32.8 Å². The van der Waals surface area contributed by atoms with Crippen LogP contribution in [0.15, 0.2) is 4.99 Å². The number of amides is 1. The van der Waals surface area contributed by atoms with Crippen LogP contribution in [-0.2, 0) is 4.79 Å². The summed E-state index contributed by atoms with van der Waals surface area (Å²) < 4.78 is 0. The highest BCUT2D eigenvalue weighted by Gasteiger charge is 2.22. The monoisotopic (exact) mass is 323 g/mol. The number of nitrogens with one attached hydrogen (secondary N) is 3. The van der Waals surface area contributed by atoms with Gasteiger partial charge in [-0.15, -0.1) is 0 Å². The van der Waals surface area contributed by atoms with Gasteiger partial charge in [-0.3, -0.25) is 9.79 Å². The molecular formula is C17H33N5O. The predicted octanol–water partition coefficient (Wildman–Crippen LogP) is 1.08. The minimum Gasteiger partial charge on any atom is -0.356 e. The normalized spacial score (nSPS) is 20.3. The van der Waals surface area contributed by atoms with E-state index in [1.807, 2.05) is 0 Å². The third kappa shape index (κ3) is 7.20. The molecule has 1 saturated heterocycles. The van der Waals surface area contributed by atoms with Crippen LogP contribution in [-0.4, -0.2) is 62.1 Å². The molecule has 6 nitrogen and oxygen atoms in total. The first kappa shape index (κ1) is 18.0. The number of rotatable bonds is 8. The summed E-state index contributed by atoms with van der Waals surface area (Å²) in [6.07, 6.45) is 7.31. The molecule has 0 bridgehead atoms. The molecule has 0 aromatic rings. The van der Waals surface area contributed by atoms with Crippen molar-refractivity contribution >= 4 is 11.9 Å². The van der Waals surface area contributed by atoms with Crippen LogP contribution in [0.25, 0.3) is 0 Å². The molecule has 1 amide bonds. The Morgan fingerprint density at radius 1 is 1.13 bits per heavy atom. The number of carbonyl (C=O) groups is 1. The largest absolute Gasteiger partial charge is 0.356 e. The third-order valence-electron chi connectivity index (χ3n) is 4.51. The van der Waals surface area contributed by atoms with E-state index < -0.39 is 0 Å². The van der Waals surface area contributed by atoms with Crippen molar-refractivity contribution in [2.75, 3.05) is 33.2 Å². The van der Waals surface area contributed by atoms with Crippen LogP contribution in [0.2, 0.25) is 0 Å². The van der Waals surface area contributed by atoms with E-state index in [4.69, 9.17) is 0 Å². The Labute approximate surface area is 140 Å². The van der Waals surface area contributed by atoms with Gasteiger partial charge in [-0.05, 0) is 45.1 Å². The lowest BCUT2D eigenvalue weighted by Crippen LogP contribution is -2.48. The van der Waals surface area contributed by atoms with Gasteiger partial charge in [0.15, 0.2) is 5.96 Å². The van der Waals surface area contributed by atoms with Crippen LogP contribution in [0.3, 0.4) is 0 Å². The number of nitrogens with zero attached hydrogens (tertiary/aromatic N) is 2. The molecule has 1 aliphatic carbocycles. The number of guanidine groups is 1. The fourth-order valence-corrected chi connectivity index (χ4v) is 2.99. The van der Waals surface area contributed by atoms with Crippen LogP contribution >= 0.6 is 0 Å². The first-order valence-corrected chi connectivity index (χ1v) is 9.20. The summed E-state index contributed by atoms with van der Waals surface area (Å²) in [5.41, 5.74) is 0. The van der Waals surface area contributed by atoms with E-state index >= 15 is 0 Å². The standard InChI is InChI=1S/C17H33N5O/c1-3-11-22-12-8-15(9-13-22)21-17(18-2)19-10-4-5-16(23)20-14-6-7-14/h14-15H,3-13H2,1-2H3,(H,20,23)(H2,18,19,21). The van der Waals surface area contributed by atoms with E-state index in [1.54, 1.807) is 7.05 Å². The molecule has 132 valence electrons. The zero-order valence-corrected chi connectivity index (χ0v) is 14.7. The van der Waals surface area contributed by atoms with E-state index in [0.717, 1.165) is 31.8 Å². The van der Waals surface area contributed by atoms with Crippen molar-refractivity contribution in [2.45, 2.75) is 64.0 Å². The second-order valence-corrected chi connectivity index (χ2v) is 6.70. The van der Waals surface area contributed by atoms with E-state index in [1.165, 1.54) is 38.9 Å². The summed E-state index contributed by atoms with van der Waals surface area (Å²) in [6, 6.07) is 0.968. The molecule has 0 spiro atoms. The minimum absolute atomic E-state index is 0.181. The van der Waals surface area contributed by atoms with Gasteiger partial charge in [0.25, 0.3) is 0 Å². The molecule has 2 rings (SSSR count). The van der Waals surface area contributed by atoms with Crippen molar-refractivity contribution < 1.29 is 4.79 Å². The highest BCUT2D eigenvalue weighted by molar-refractivity contribution is 5.80. The average Bonchev–Trinajstić information content (AvgIpc) is 3.36. The zero-order valence-electron chi connectivity index (χ0n) is 14.7. The smallest absolute Gasteiger partial charge is 0.220 e. The second kappa shape index (κ2) is 9.75. The van der Waals surface area contributed by atoms with Gasteiger partial charge in [0.1, 0.15) is 0 Å². The summed E-state index contributed by atoms with van der Waals surface area (Å²) in [7, 11) is 1.81. The molecule has 1 aliphatic heterocycles. The summed E-state index contributed by atoms with van der Waals surface area (Å²) in [4.78, 5) is 18.4. The molecule has 3 N–H and O–H groups in total.